The molecule has 1 atom stereocenters. The highest BCUT2D eigenvalue weighted by Gasteiger charge is 2.33. The molecule has 2 aliphatic rings. The SMILES string of the molecule is CC(C(=O)C1CCN(C(=O)OC(C)(C)C)CC1)C1=C(F)C=CCCC1. The average Bonchev–Trinajstić information content (AvgIpc) is 2.76. The van der Waals surface area contributed by atoms with E-state index in [0.29, 0.717) is 37.9 Å². The van der Waals surface area contributed by atoms with Gasteiger partial charge in [-0.1, -0.05) is 13.0 Å². The van der Waals surface area contributed by atoms with Crippen molar-refractivity contribution in [3.05, 3.63) is 23.6 Å². The lowest BCUT2D eigenvalue weighted by atomic mass is 9.82. The largest absolute Gasteiger partial charge is 0.444 e. The Morgan fingerprint density at radius 3 is 2.52 bits per heavy atom. The fourth-order valence-corrected chi connectivity index (χ4v) is 3.45. The van der Waals surface area contributed by atoms with E-state index < -0.39 is 5.60 Å². The maximum Gasteiger partial charge on any atom is 0.410 e. The highest BCUT2D eigenvalue weighted by atomic mass is 19.1. The van der Waals surface area contributed by atoms with E-state index in [0.717, 1.165) is 12.8 Å². The predicted octanol–water partition coefficient (Wildman–Crippen LogP) is 4.80. The molecular weight excluding hydrogens is 321 g/mol. The molecule has 0 aromatic rings. The average molecular weight is 351 g/mol. The van der Waals surface area contributed by atoms with Gasteiger partial charge in [-0.25, -0.2) is 9.18 Å². The zero-order valence-corrected chi connectivity index (χ0v) is 15.8. The van der Waals surface area contributed by atoms with Crippen molar-refractivity contribution in [2.75, 3.05) is 13.1 Å². The van der Waals surface area contributed by atoms with Gasteiger partial charge in [-0.2, -0.15) is 0 Å². The molecule has 1 fully saturated rings. The van der Waals surface area contributed by atoms with Crippen LogP contribution in [-0.4, -0.2) is 35.5 Å². The number of ether oxygens (including phenoxy) is 1. The number of allylic oxidation sites excluding steroid dienone is 4. The Morgan fingerprint density at radius 2 is 1.92 bits per heavy atom. The molecular formula is C20H30FNO3. The fourth-order valence-electron chi connectivity index (χ4n) is 3.45. The summed E-state index contributed by atoms with van der Waals surface area (Å²) < 4.78 is 19.6. The Morgan fingerprint density at radius 1 is 1.28 bits per heavy atom. The minimum atomic E-state index is -0.519. The van der Waals surface area contributed by atoms with Crippen molar-refractivity contribution in [1.29, 1.82) is 0 Å². The minimum absolute atomic E-state index is 0.101. The smallest absolute Gasteiger partial charge is 0.410 e. The van der Waals surface area contributed by atoms with Gasteiger partial charge in [-0.05, 0) is 64.5 Å². The highest BCUT2D eigenvalue weighted by molar-refractivity contribution is 5.86. The first-order valence-electron chi connectivity index (χ1n) is 9.26. The molecule has 1 amide bonds. The number of carbonyl (C=O) groups is 2. The first-order chi connectivity index (χ1) is 11.7. The number of likely N-dealkylation sites (tertiary alicyclic amines) is 1. The predicted molar refractivity (Wildman–Crippen MR) is 95.8 cm³/mol. The number of Topliss-reactive ketones (excluding diaryl/α,β-unsaturated/α-hetero) is 1. The van der Waals surface area contributed by atoms with Gasteiger partial charge in [0.05, 0.1) is 0 Å². The van der Waals surface area contributed by atoms with Crippen molar-refractivity contribution in [3.63, 3.8) is 0 Å². The summed E-state index contributed by atoms with van der Waals surface area (Å²) in [6.45, 7) is 8.36. The molecule has 5 heteroatoms. The van der Waals surface area contributed by atoms with Gasteiger partial charge in [0.15, 0.2) is 0 Å². The van der Waals surface area contributed by atoms with E-state index in [9.17, 15) is 14.0 Å². The van der Waals surface area contributed by atoms with Crippen molar-refractivity contribution < 1.29 is 18.7 Å². The first kappa shape index (κ1) is 19.7. The van der Waals surface area contributed by atoms with Crippen LogP contribution in [0.25, 0.3) is 0 Å². The monoisotopic (exact) mass is 351 g/mol. The summed E-state index contributed by atoms with van der Waals surface area (Å²) in [7, 11) is 0. The van der Waals surface area contributed by atoms with Crippen molar-refractivity contribution in [2.45, 2.75) is 65.4 Å². The van der Waals surface area contributed by atoms with Crippen LogP contribution in [0, 0.1) is 11.8 Å². The summed E-state index contributed by atoms with van der Waals surface area (Å²) in [5, 5.41) is 0. The van der Waals surface area contributed by atoms with Crippen LogP contribution in [-0.2, 0) is 9.53 Å². The molecule has 1 unspecified atom stereocenters. The van der Waals surface area contributed by atoms with Crippen LogP contribution in [0.5, 0.6) is 0 Å². The molecule has 0 spiro atoms. The lowest BCUT2D eigenvalue weighted by molar-refractivity contribution is -0.126. The number of piperidine rings is 1. The summed E-state index contributed by atoms with van der Waals surface area (Å²) >= 11 is 0. The van der Waals surface area contributed by atoms with Crippen LogP contribution in [0.15, 0.2) is 23.6 Å². The fraction of sp³-hybridized carbons (Fsp3) is 0.700. The van der Waals surface area contributed by atoms with Crippen molar-refractivity contribution >= 4 is 11.9 Å². The zero-order valence-electron chi connectivity index (χ0n) is 15.8. The molecule has 0 aromatic heterocycles. The van der Waals surface area contributed by atoms with Gasteiger partial charge in [0.2, 0.25) is 0 Å². The molecule has 0 radical (unpaired) electrons. The van der Waals surface area contributed by atoms with E-state index in [2.05, 4.69) is 0 Å². The molecule has 0 bridgehead atoms. The second-order valence-corrected chi connectivity index (χ2v) is 8.03. The van der Waals surface area contributed by atoms with Crippen molar-refractivity contribution in [2.24, 2.45) is 11.8 Å². The van der Waals surface area contributed by atoms with Gasteiger partial charge < -0.3 is 9.64 Å². The van der Waals surface area contributed by atoms with E-state index >= 15 is 0 Å². The van der Waals surface area contributed by atoms with Gasteiger partial charge in [0, 0.05) is 24.9 Å². The Labute approximate surface area is 150 Å². The van der Waals surface area contributed by atoms with E-state index in [1.807, 2.05) is 33.8 Å². The summed E-state index contributed by atoms with van der Waals surface area (Å²) in [6, 6.07) is 0. The van der Waals surface area contributed by atoms with Crippen LogP contribution in [0.3, 0.4) is 0 Å². The zero-order chi connectivity index (χ0) is 18.6. The number of ketones is 1. The molecule has 0 N–H and O–H groups in total. The third kappa shape index (κ3) is 5.41. The summed E-state index contributed by atoms with van der Waals surface area (Å²) in [4.78, 5) is 26.6. The van der Waals surface area contributed by atoms with Gasteiger partial charge in [-0.3, -0.25) is 4.79 Å². The van der Waals surface area contributed by atoms with E-state index in [-0.39, 0.29) is 29.5 Å². The van der Waals surface area contributed by atoms with Crippen LogP contribution in [0.4, 0.5) is 9.18 Å². The molecule has 0 saturated carbocycles. The number of hydrogen-bond acceptors (Lipinski definition) is 3. The molecule has 1 saturated heterocycles. The maximum absolute atomic E-state index is 14.2. The van der Waals surface area contributed by atoms with E-state index in [1.165, 1.54) is 6.08 Å². The number of hydrogen-bond donors (Lipinski definition) is 0. The Balaban J connectivity index is 1.93. The maximum atomic E-state index is 14.2. The lowest BCUT2D eigenvalue weighted by Crippen LogP contribution is -2.43. The van der Waals surface area contributed by atoms with Crippen LogP contribution >= 0.6 is 0 Å². The second kappa shape index (κ2) is 8.15. The van der Waals surface area contributed by atoms with Crippen LogP contribution in [0.1, 0.15) is 59.8 Å². The van der Waals surface area contributed by atoms with E-state index in [1.54, 1.807) is 4.90 Å². The van der Waals surface area contributed by atoms with Crippen LogP contribution in [0.2, 0.25) is 0 Å². The van der Waals surface area contributed by atoms with Gasteiger partial charge >= 0.3 is 6.09 Å². The quantitative estimate of drug-likeness (QED) is 0.733. The lowest BCUT2D eigenvalue weighted by Gasteiger charge is -2.34. The number of amides is 1. The third-order valence-electron chi connectivity index (χ3n) is 4.89. The molecule has 4 nitrogen and oxygen atoms in total. The normalized spacial score (nSPS) is 21.1. The molecule has 1 heterocycles. The highest BCUT2D eigenvalue weighted by Crippen LogP contribution is 2.31. The first-order valence-corrected chi connectivity index (χ1v) is 9.26. The minimum Gasteiger partial charge on any atom is -0.444 e. The molecule has 2 rings (SSSR count). The Hall–Kier alpha value is -1.65. The second-order valence-electron chi connectivity index (χ2n) is 8.03. The van der Waals surface area contributed by atoms with Crippen LogP contribution < -0.4 is 0 Å². The molecule has 1 aliphatic heterocycles. The number of nitrogens with zero attached hydrogens (tertiary/aromatic N) is 1. The van der Waals surface area contributed by atoms with Crippen molar-refractivity contribution in [3.8, 4) is 0 Å². The summed E-state index contributed by atoms with van der Waals surface area (Å²) in [5.41, 5.74) is 0.114. The summed E-state index contributed by atoms with van der Waals surface area (Å²) in [6.07, 6.45) is 6.62. The van der Waals surface area contributed by atoms with E-state index in [4.69, 9.17) is 4.74 Å². The summed E-state index contributed by atoms with van der Waals surface area (Å²) in [5.74, 6) is -0.643. The molecule has 140 valence electrons. The Bertz CT molecular complexity index is 566. The Kier molecular flexibility index (Phi) is 6.42. The standard InChI is InChI=1S/C20H30FNO3/c1-14(16-8-6-5-7-9-17(16)21)18(23)15-10-12-22(13-11-15)19(24)25-20(2,3)4/h7,9,14-15H,5-6,8,10-13H2,1-4H3. The topological polar surface area (TPSA) is 46.6 Å². The number of carbonyl (C=O) groups excluding carboxylic acids is 2. The third-order valence-corrected chi connectivity index (χ3v) is 4.89. The molecule has 25 heavy (non-hydrogen) atoms. The number of rotatable bonds is 3. The van der Waals surface area contributed by atoms with Gasteiger partial charge in [-0.15, -0.1) is 0 Å². The number of halogens is 1. The molecule has 0 aromatic carbocycles. The van der Waals surface area contributed by atoms with Crippen molar-refractivity contribution in [1.82, 2.24) is 4.90 Å². The van der Waals surface area contributed by atoms with Gasteiger partial charge in [0.1, 0.15) is 17.2 Å². The van der Waals surface area contributed by atoms with Gasteiger partial charge in [0.25, 0.3) is 0 Å². The molecule has 1 aliphatic carbocycles.